The topological polar surface area (TPSA) is 131 Å². The molecule has 0 aromatic carbocycles. The molecule has 3 heterocycles. The van der Waals surface area contributed by atoms with E-state index in [1.54, 1.807) is 0 Å². The Labute approximate surface area is 123 Å². The largest absolute Gasteiger partial charge is 0.317 e. The molecular weight excluding hydrogens is 275 g/mol. The molecule has 20 heavy (non-hydrogen) atoms. The first-order valence-electron chi connectivity index (χ1n) is 7.58. The Balaban J connectivity index is 0.000000241. The van der Waals surface area contributed by atoms with Crippen molar-refractivity contribution in [2.75, 3.05) is 39.3 Å². The molecule has 0 atom stereocenters. The van der Waals surface area contributed by atoms with E-state index in [1.165, 1.54) is 77.8 Å². The lowest BCUT2D eigenvalue weighted by atomic mass is 10.4. The Bertz CT molecular complexity index is 181. The monoisotopic (exact) mass is 308 g/mol. The molecule has 0 bridgehead atoms. The van der Waals surface area contributed by atoms with Crippen molar-refractivity contribution < 1.29 is 4.57 Å². The third kappa shape index (κ3) is 23.1. The van der Waals surface area contributed by atoms with Gasteiger partial charge in [0.1, 0.15) is 0 Å². The molecule has 3 aliphatic heterocycles. The van der Waals surface area contributed by atoms with E-state index in [9.17, 15) is 4.57 Å². The SMILES string of the molecule is C1CCNC1.C1CCNC1.C1CCNC1.NP(N)(N)=O. The summed E-state index contributed by atoms with van der Waals surface area (Å²) in [6.07, 6.45) is 8.33. The van der Waals surface area contributed by atoms with E-state index < -0.39 is 7.59 Å². The fourth-order valence-corrected chi connectivity index (χ4v) is 1.87. The fourth-order valence-electron chi connectivity index (χ4n) is 1.87. The van der Waals surface area contributed by atoms with Gasteiger partial charge in [-0.1, -0.05) is 0 Å². The first-order valence-corrected chi connectivity index (χ1v) is 9.49. The smallest absolute Gasteiger partial charge is 0.271 e. The summed E-state index contributed by atoms with van der Waals surface area (Å²) in [5.41, 5.74) is 13.4. The lowest BCUT2D eigenvalue weighted by Gasteiger charge is -1.88. The van der Waals surface area contributed by atoms with Crippen molar-refractivity contribution in [1.82, 2.24) is 16.0 Å². The van der Waals surface area contributed by atoms with Crippen molar-refractivity contribution in [3.05, 3.63) is 0 Å². The standard InChI is InChI=1S/3C4H9N.H6N3OP/c3*1-2-4-5-3-1;1-5(2,3)4/h3*5H,1-4H2;(H6,1,2,3,4). The van der Waals surface area contributed by atoms with Gasteiger partial charge in [-0.2, -0.15) is 0 Å². The van der Waals surface area contributed by atoms with Gasteiger partial charge in [0.15, 0.2) is 0 Å². The van der Waals surface area contributed by atoms with Gasteiger partial charge in [-0.25, -0.2) is 0 Å². The van der Waals surface area contributed by atoms with E-state index >= 15 is 0 Å². The number of hydrogen-bond acceptors (Lipinski definition) is 4. The van der Waals surface area contributed by atoms with Gasteiger partial charge in [0.25, 0.3) is 7.59 Å². The highest BCUT2D eigenvalue weighted by atomic mass is 31.2. The highest BCUT2D eigenvalue weighted by Gasteiger charge is 1.94. The maximum absolute atomic E-state index is 9.55. The predicted octanol–water partition coefficient (Wildman–Crippen LogP) is 0.0800. The molecule has 3 fully saturated rings. The molecule has 0 saturated carbocycles. The molecule has 9 N–H and O–H groups in total. The van der Waals surface area contributed by atoms with E-state index in [0.29, 0.717) is 0 Å². The van der Waals surface area contributed by atoms with Gasteiger partial charge >= 0.3 is 0 Å². The van der Waals surface area contributed by atoms with Crippen LogP contribution < -0.4 is 32.5 Å². The van der Waals surface area contributed by atoms with Crippen molar-refractivity contribution in [2.24, 2.45) is 16.5 Å². The van der Waals surface area contributed by atoms with Crippen molar-refractivity contribution in [1.29, 1.82) is 0 Å². The Kier molecular flexibility index (Phi) is 13.9. The zero-order valence-corrected chi connectivity index (χ0v) is 13.5. The third-order valence-electron chi connectivity index (χ3n) is 2.87. The van der Waals surface area contributed by atoms with E-state index in [0.717, 1.165) is 0 Å². The van der Waals surface area contributed by atoms with Crippen LogP contribution in [0.4, 0.5) is 0 Å². The summed E-state index contributed by atoms with van der Waals surface area (Å²) in [6.45, 7) is 7.50. The molecule has 7 nitrogen and oxygen atoms in total. The molecule has 0 amide bonds. The van der Waals surface area contributed by atoms with Gasteiger partial charge in [-0.05, 0) is 77.8 Å². The fraction of sp³-hybridized carbons (Fsp3) is 1.00. The molecule has 3 aliphatic rings. The van der Waals surface area contributed by atoms with Gasteiger partial charge in [0, 0.05) is 0 Å². The molecule has 3 rings (SSSR count). The summed E-state index contributed by atoms with van der Waals surface area (Å²) in [4.78, 5) is 0. The molecule has 122 valence electrons. The Morgan fingerprint density at radius 3 is 0.750 bits per heavy atom. The van der Waals surface area contributed by atoms with Gasteiger partial charge in [0.2, 0.25) is 0 Å². The van der Waals surface area contributed by atoms with Crippen LogP contribution in [0.5, 0.6) is 0 Å². The van der Waals surface area contributed by atoms with E-state index in [2.05, 4.69) is 32.5 Å². The van der Waals surface area contributed by atoms with Crippen LogP contribution >= 0.6 is 7.59 Å². The molecule has 8 heteroatoms. The minimum Gasteiger partial charge on any atom is -0.317 e. The van der Waals surface area contributed by atoms with Crippen molar-refractivity contribution >= 4 is 7.59 Å². The van der Waals surface area contributed by atoms with Crippen LogP contribution in [0, 0.1) is 0 Å². The maximum Gasteiger partial charge on any atom is 0.271 e. The van der Waals surface area contributed by atoms with E-state index in [1.807, 2.05) is 0 Å². The number of hydrogen-bond donors (Lipinski definition) is 6. The van der Waals surface area contributed by atoms with Gasteiger partial charge < -0.3 is 16.0 Å². The molecule has 0 spiro atoms. The molecule has 3 saturated heterocycles. The third-order valence-corrected chi connectivity index (χ3v) is 2.87. The Morgan fingerprint density at radius 2 is 0.700 bits per heavy atom. The van der Waals surface area contributed by atoms with Gasteiger partial charge in [-0.15, -0.1) is 0 Å². The Hall–Kier alpha value is -0.0100. The zero-order chi connectivity index (χ0) is 15.1. The van der Waals surface area contributed by atoms with E-state index in [-0.39, 0.29) is 0 Å². The number of rotatable bonds is 0. The van der Waals surface area contributed by atoms with E-state index in [4.69, 9.17) is 0 Å². The van der Waals surface area contributed by atoms with Crippen LogP contribution in [0.1, 0.15) is 38.5 Å². The summed E-state index contributed by atoms with van der Waals surface area (Å²) in [6, 6.07) is 0. The summed E-state index contributed by atoms with van der Waals surface area (Å²) in [5, 5.41) is 9.67. The number of nitrogens with two attached hydrogens (primary N) is 3. The minimum atomic E-state index is -3.14. The highest BCUT2D eigenvalue weighted by molar-refractivity contribution is 7.56. The summed E-state index contributed by atoms with van der Waals surface area (Å²) < 4.78 is 9.55. The predicted molar refractivity (Wildman–Crippen MR) is 86.5 cm³/mol. The van der Waals surface area contributed by atoms with Crippen molar-refractivity contribution in [3.63, 3.8) is 0 Å². The van der Waals surface area contributed by atoms with Crippen LogP contribution in [0.2, 0.25) is 0 Å². The second-order valence-corrected chi connectivity index (χ2v) is 6.66. The molecule has 0 radical (unpaired) electrons. The summed E-state index contributed by atoms with van der Waals surface area (Å²) in [5.74, 6) is 0. The summed E-state index contributed by atoms with van der Waals surface area (Å²) >= 11 is 0. The summed E-state index contributed by atoms with van der Waals surface area (Å²) in [7, 11) is -3.14. The minimum absolute atomic E-state index is 1.25. The molecule has 0 aliphatic carbocycles. The molecule has 0 aromatic heterocycles. The molecular formula is C12H33N6OP. The average Bonchev–Trinajstić information content (AvgIpc) is 3.17. The van der Waals surface area contributed by atoms with Crippen molar-refractivity contribution in [3.8, 4) is 0 Å². The maximum atomic E-state index is 9.55. The zero-order valence-electron chi connectivity index (χ0n) is 12.6. The Morgan fingerprint density at radius 1 is 0.550 bits per heavy atom. The molecule has 0 aromatic rings. The van der Waals surface area contributed by atoms with Gasteiger partial charge in [0.05, 0.1) is 0 Å². The second-order valence-electron chi connectivity index (χ2n) is 5.13. The highest BCUT2D eigenvalue weighted by Crippen LogP contribution is 2.06. The molecule has 0 unspecified atom stereocenters. The second kappa shape index (κ2) is 13.9. The first kappa shape index (κ1) is 20.0. The van der Waals surface area contributed by atoms with Gasteiger partial charge in [-0.3, -0.25) is 21.1 Å². The van der Waals surface area contributed by atoms with Crippen LogP contribution in [0.3, 0.4) is 0 Å². The quantitative estimate of drug-likeness (QED) is 0.349. The van der Waals surface area contributed by atoms with Crippen LogP contribution in [0.15, 0.2) is 0 Å². The van der Waals surface area contributed by atoms with Crippen LogP contribution in [-0.4, -0.2) is 39.3 Å². The lowest BCUT2D eigenvalue weighted by molar-refractivity contribution is 0.577. The number of nitrogens with one attached hydrogen (secondary N) is 3. The van der Waals surface area contributed by atoms with Crippen LogP contribution in [0.25, 0.3) is 0 Å². The first-order chi connectivity index (χ1) is 9.50. The van der Waals surface area contributed by atoms with Crippen molar-refractivity contribution in [2.45, 2.75) is 38.5 Å². The normalized spacial score (nSPS) is 20.9. The van der Waals surface area contributed by atoms with Crippen LogP contribution in [-0.2, 0) is 4.57 Å². The lowest BCUT2D eigenvalue weighted by Crippen LogP contribution is -2.12. The average molecular weight is 308 g/mol.